The van der Waals surface area contributed by atoms with Crippen LogP contribution in [0, 0.1) is 5.82 Å². The Morgan fingerprint density at radius 1 is 1.17 bits per heavy atom. The van der Waals surface area contributed by atoms with Gasteiger partial charge in [-0.15, -0.1) is 0 Å². The van der Waals surface area contributed by atoms with Crippen LogP contribution in [0.5, 0.6) is 0 Å². The quantitative estimate of drug-likeness (QED) is 0.739. The van der Waals surface area contributed by atoms with Crippen molar-refractivity contribution in [1.29, 1.82) is 0 Å². The average molecular weight is 326 g/mol. The summed E-state index contributed by atoms with van der Waals surface area (Å²) in [5, 5.41) is 4.04. The van der Waals surface area contributed by atoms with Gasteiger partial charge in [0.15, 0.2) is 11.5 Å². The van der Waals surface area contributed by atoms with Crippen LogP contribution in [-0.2, 0) is 17.9 Å². The molecule has 2 aromatic heterocycles. The maximum atomic E-state index is 13.1. The summed E-state index contributed by atoms with van der Waals surface area (Å²) in [4.78, 5) is 8.89. The lowest BCUT2D eigenvalue weighted by Gasteiger charge is -2.25. The van der Waals surface area contributed by atoms with Crippen LogP contribution in [0.25, 0.3) is 11.6 Å². The first kappa shape index (κ1) is 13.9. The van der Waals surface area contributed by atoms with Gasteiger partial charge in [-0.1, -0.05) is 17.3 Å². The number of rotatable bonds is 3. The maximum absolute atomic E-state index is 13.1. The number of nitrogens with zero attached hydrogens (tertiary/aromatic N) is 4. The van der Waals surface area contributed by atoms with E-state index in [4.69, 9.17) is 9.26 Å². The number of hydrogen-bond donors (Lipinski definition) is 0. The summed E-state index contributed by atoms with van der Waals surface area (Å²) in [6.45, 7) is 1.02. The zero-order valence-corrected chi connectivity index (χ0v) is 12.9. The lowest BCUT2D eigenvalue weighted by atomic mass is 10.1. The molecule has 6 nitrogen and oxygen atoms in total. The molecule has 1 aliphatic carbocycles. The number of ether oxygens (including phenoxy) is 1. The molecule has 0 N–H and O–H groups in total. The fourth-order valence-corrected chi connectivity index (χ4v) is 3.02. The van der Waals surface area contributed by atoms with E-state index in [0.717, 1.165) is 29.9 Å². The normalized spacial score (nSPS) is 20.1. The minimum Gasteiger partial charge on any atom is -0.365 e. The van der Waals surface area contributed by atoms with Gasteiger partial charge in [0.05, 0.1) is 25.2 Å². The topological polar surface area (TPSA) is 66.0 Å². The van der Waals surface area contributed by atoms with Crippen LogP contribution in [0.3, 0.4) is 0 Å². The van der Waals surface area contributed by atoms with Gasteiger partial charge in [0, 0.05) is 5.92 Å². The van der Waals surface area contributed by atoms with Crippen molar-refractivity contribution in [2.24, 2.45) is 0 Å². The molecule has 0 amide bonds. The van der Waals surface area contributed by atoms with Crippen molar-refractivity contribution in [3.8, 4) is 11.6 Å². The molecule has 1 atom stereocenters. The van der Waals surface area contributed by atoms with E-state index in [2.05, 4.69) is 15.1 Å². The monoisotopic (exact) mass is 326 g/mol. The Morgan fingerprint density at radius 2 is 2.00 bits per heavy atom. The van der Waals surface area contributed by atoms with Crippen LogP contribution in [0.4, 0.5) is 4.39 Å². The second-order valence-corrected chi connectivity index (χ2v) is 6.28. The van der Waals surface area contributed by atoms with Gasteiger partial charge in [0.2, 0.25) is 0 Å². The van der Waals surface area contributed by atoms with E-state index in [1.807, 2.05) is 4.57 Å². The highest BCUT2D eigenvalue weighted by Gasteiger charge is 2.31. The number of fused-ring (bicyclic) bond motifs is 1. The second-order valence-electron chi connectivity index (χ2n) is 6.28. The lowest BCUT2D eigenvalue weighted by Crippen LogP contribution is -2.20. The van der Waals surface area contributed by atoms with E-state index in [-0.39, 0.29) is 11.9 Å². The first-order chi connectivity index (χ1) is 11.8. The summed E-state index contributed by atoms with van der Waals surface area (Å²) in [5.41, 5.74) is 2.57. The van der Waals surface area contributed by atoms with Gasteiger partial charge in [-0.3, -0.25) is 0 Å². The Labute approximate surface area is 137 Å². The Balaban J connectivity index is 1.41. The van der Waals surface area contributed by atoms with Crippen molar-refractivity contribution >= 4 is 0 Å². The van der Waals surface area contributed by atoms with Crippen molar-refractivity contribution in [3.05, 3.63) is 53.5 Å². The van der Waals surface area contributed by atoms with Gasteiger partial charge in [-0.2, -0.15) is 4.98 Å². The van der Waals surface area contributed by atoms with Crippen LogP contribution >= 0.6 is 0 Å². The van der Waals surface area contributed by atoms with E-state index in [9.17, 15) is 4.39 Å². The number of halogens is 1. The molecule has 122 valence electrons. The summed E-state index contributed by atoms with van der Waals surface area (Å²) in [7, 11) is 0. The number of hydrogen-bond acceptors (Lipinski definition) is 5. The molecule has 0 bridgehead atoms. The molecule has 1 aliphatic heterocycles. The molecule has 1 saturated carbocycles. The van der Waals surface area contributed by atoms with Crippen molar-refractivity contribution in [2.45, 2.75) is 38.0 Å². The number of imidazole rings is 1. The molecule has 5 rings (SSSR count). The summed E-state index contributed by atoms with van der Waals surface area (Å²) < 4.78 is 26.4. The highest BCUT2D eigenvalue weighted by molar-refractivity contribution is 5.51. The molecular formula is C17H15FN4O2. The molecule has 1 fully saturated rings. The first-order valence-corrected chi connectivity index (χ1v) is 8.03. The predicted octanol–water partition coefficient (Wildman–Crippen LogP) is 3.22. The third-order valence-electron chi connectivity index (χ3n) is 4.56. The molecule has 0 unspecified atom stereocenters. The fourth-order valence-electron chi connectivity index (χ4n) is 3.02. The maximum Gasteiger partial charge on any atom is 0.278 e. The first-order valence-electron chi connectivity index (χ1n) is 8.03. The Bertz CT molecular complexity index is 882. The minimum atomic E-state index is -0.247. The molecule has 24 heavy (non-hydrogen) atoms. The smallest absolute Gasteiger partial charge is 0.278 e. The largest absolute Gasteiger partial charge is 0.365 e. The van der Waals surface area contributed by atoms with E-state index in [0.29, 0.717) is 30.7 Å². The average Bonchev–Trinajstić information content (AvgIpc) is 3.19. The zero-order valence-electron chi connectivity index (χ0n) is 12.9. The molecule has 3 heterocycles. The third kappa shape index (κ3) is 2.32. The van der Waals surface area contributed by atoms with Crippen molar-refractivity contribution in [2.75, 3.05) is 0 Å². The van der Waals surface area contributed by atoms with Crippen LogP contribution < -0.4 is 0 Å². The standard InChI is InChI=1S/C17H15FN4O2/c18-12-5-3-10(4-6-12)14-7-22-9-19-15(13(22)8-23-14)17-20-16(21-24-17)11-1-2-11/h3-6,9,11,14H,1-2,7-8H2/t14-/m1/s1. The van der Waals surface area contributed by atoms with Gasteiger partial charge >= 0.3 is 0 Å². The molecular weight excluding hydrogens is 311 g/mol. The summed E-state index contributed by atoms with van der Waals surface area (Å²) >= 11 is 0. The van der Waals surface area contributed by atoms with Gasteiger partial charge in [0.1, 0.15) is 11.9 Å². The van der Waals surface area contributed by atoms with Crippen LogP contribution in [0.15, 0.2) is 35.1 Å². The highest BCUT2D eigenvalue weighted by atomic mass is 19.1. The van der Waals surface area contributed by atoms with E-state index in [1.165, 1.54) is 12.1 Å². The van der Waals surface area contributed by atoms with Crippen LogP contribution in [-0.4, -0.2) is 19.7 Å². The van der Waals surface area contributed by atoms with Crippen molar-refractivity contribution < 1.29 is 13.7 Å². The Morgan fingerprint density at radius 3 is 2.79 bits per heavy atom. The molecule has 0 spiro atoms. The molecule has 2 aliphatic rings. The third-order valence-corrected chi connectivity index (χ3v) is 4.56. The van der Waals surface area contributed by atoms with Crippen molar-refractivity contribution in [1.82, 2.24) is 19.7 Å². The van der Waals surface area contributed by atoms with E-state index >= 15 is 0 Å². The summed E-state index contributed by atoms with van der Waals surface area (Å²) in [5.74, 6) is 1.42. The molecule has 3 aromatic rings. The highest BCUT2D eigenvalue weighted by Crippen LogP contribution is 2.39. The molecule has 1 aromatic carbocycles. The van der Waals surface area contributed by atoms with Gasteiger partial charge in [0.25, 0.3) is 5.89 Å². The second kappa shape index (κ2) is 5.24. The predicted molar refractivity (Wildman–Crippen MR) is 81.4 cm³/mol. The molecule has 0 saturated heterocycles. The van der Waals surface area contributed by atoms with Gasteiger partial charge in [-0.05, 0) is 30.5 Å². The van der Waals surface area contributed by atoms with E-state index < -0.39 is 0 Å². The minimum absolute atomic E-state index is 0.120. The molecule has 0 radical (unpaired) electrons. The summed E-state index contributed by atoms with van der Waals surface area (Å²) in [6.07, 6.45) is 3.90. The van der Waals surface area contributed by atoms with Crippen molar-refractivity contribution in [3.63, 3.8) is 0 Å². The lowest BCUT2D eigenvalue weighted by molar-refractivity contribution is 0.00327. The number of benzene rings is 1. The Hall–Kier alpha value is -2.54. The summed E-state index contributed by atoms with van der Waals surface area (Å²) in [6, 6.07) is 6.41. The fraction of sp³-hybridized carbons (Fsp3) is 0.353. The number of aromatic nitrogens is 4. The van der Waals surface area contributed by atoms with Crippen LogP contribution in [0.2, 0.25) is 0 Å². The van der Waals surface area contributed by atoms with E-state index in [1.54, 1.807) is 18.5 Å². The SMILES string of the molecule is Fc1ccc([C@H]2Cn3cnc(-c4nc(C5CC5)no4)c3CO2)cc1. The molecule has 7 heteroatoms. The Kier molecular flexibility index (Phi) is 3.02. The zero-order chi connectivity index (χ0) is 16.1. The van der Waals surface area contributed by atoms with Gasteiger partial charge in [-0.25, -0.2) is 9.37 Å². The van der Waals surface area contributed by atoms with Gasteiger partial charge < -0.3 is 13.8 Å². The van der Waals surface area contributed by atoms with Crippen LogP contribution in [0.1, 0.15) is 41.9 Å².